The third-order valence-electron chi connectivity index (χ3n) is 3.21. The van der Waals surface area contributed by atoms with Crippen LogP contribution in [0.25, 0.3) is 22.4 Å². The van der Waals surface area contributed by atoms with E-state index in [2.05, 4.69) is 9.97 Å². The zero-order chi connectivity index (χ0) is 14.3. The second-order valence-corrected chi connectivity index (χ2v) is 4.54. The summed E-state index contributed by atoms with van der Waals surface area (Å²) in [6.07, 6.45) is 1.60. The van der Waals surface area contributed by atoms with Crippen molar-refractivity contribution in [3.63, 3.8) is 0 Å². The smallest absolute Gasteiger partial charge is 0.339 e. The van der Waals surface area contributed by atoms with Crippen LogP contribution in [0.5, 0.6) is 0 Å². The number of nitrogens with zero attached hydrogens (tertiary/aromatic N) is 2. The summed E-state index contributed by atoms with van der Waals surface area (Å²) in [7, 11) is 0. The van der Waals surface area contributed by atoms with Crippen molar-refractivity contribution in [1.82, 2.24) is 9.97 Å². The predicted molar refractivity (Wildman–Crippen MR) is 73.7 cm³/mol. The lowest BCUT2D eigenvalue weighted by atomic mass is 10.1. The number of furan rings is 1. The number of para-hydroxylation sites is 1. The molecule has 0 atom stereocenters. The lowest BCUT2D eigenvalue weighted by Gasteiger charge is -2.06. The largest absolute Gasteiger partial charge is 0.478 e. The number of rotatable bonds is 2. The summed E-state index contributed by atoms with van der Waals surface area (Å²) in [5.41, 5.74) is 2.57. The van der Waals surface area contributed by atoms with Crippen molar-refractivity contribution in [3.8, 4) is 11.4 Å². The highest BCUT2D eigenvalue weighted by Crippen LogP contribution is 2.29. The van der Waals surface area contributed by atoms with Crippen molar-refractivity contribution in [2.45, 2.75) is 13.8 Å². The molecule has 0 saturated carbocycles. The quantitative estimate of drug-likeness (QED) is 0.772. The predicted octanol–water partition coefficient (Wildman–Crippen LogP) is 3.20. The second-order valence-electron chi connectivity index (χ2n) is 4.54. The number of carboxylic acid groups (broad SMARTS) is 1. The van der Waals surface area contributed by atoms with E-state index in [0.29, 0.717) is 17.2 Å². The Labute approximate surface area is 114 Å². The molecule has 0 bridgehead atoms. The molecule has 0 aliphatic carbocycles. The maximum Gasteiger partial charge on any atom is 0.339 e. The van der Waals surface area contributed by atoms with Crippen molar-refractivity contribution in [3.05, 3.63) is 47.5 Å². The number of hydrogen-bond donors (Lipinski definition) is 1. The minimum absolute atomic E-state index is 0.154. The Kier molecular flexibility index (Phi) is 2.75. The Morgan fingerprint density at radius 3 is 2.45 bits per heavy atom. The van der Waals surface area contributed by atoms with E-state index < -0.39 is 5.97 Å². The fraction of sp³-hybridized carbons (Fsp3) is 0.133. The van der Waals surface area contributed by atoms with Gasteiger partial charge in [-0.3, -0.25) is 0 Å². The van der Waals surface area contributed by atoms with Gasteiger partial charge in [-0.15, -0.1) is 0 Å². The molecule has 0 spiro atoms. The van der Waals surface area contributed by atoms with E-state index in [1.54, 1.807) is 20.1 Å². The minimum atomic E-state index is -1.01. The third kappa shape index (κ3) is 1.84. The highest BCUT2D eigenvalue weighted by molar-refractivity contribution is 5.93. The van der Waals surface area contributed by atoms with Gasteiger partial charge in [0.2, 0.25) is 0 Å². The number of aromatic nitrogens is 2. The minimum Gasteiger partial charge on any atom is -0.478 e. The lowest BCUT2D eigenvalue weighted by molar-refractivity contribution is 0.0694. The second kappa shape index (κ2) is 4.45. The summed E-state index contributed by atoms with van der Waals surface area (Å²) in [6.45, 7) is 3.34. The van der Waals surface area contributed by atoms with Gasteiger partial charge in [0.1, 0.15) is 17.4 Å². The summed E-state index contributed by atoms with van der Waals surface area (Å²) in [5.74, 6) is -0.529. The van der Waals surface area contributed by atoms with Gasteiger partial charge < -0.3 is 9.52 Å². The molecule has 5 heteroatoms. The summed E-state index contributed by atoms with van der Waals surface area (Å²) in [5, 5.41) is 10.1. The average Bonchev–Trinajstić information content (AvgIpc) is 2.81. The van der Waals surface area contributed by atoms with Gasteiger partial charge in [-0.1, -0.05) is 18.2 Å². The van der Waals surface area contributed by atoms with Crippen LogP contribution in [0.2, 0.25) is 0 Å². The molecule has 0 fully saturated rings. The summed E-state index contributed by atoms with van der Waals surface area (Å²) in [4.78, 5) is 19.7. The Morgan fingerprint density at radius 2 is 1.80 bits per heavy atom. The molecule has 1 N–H and O–H groups in total. The molecular weight excluding hydrogens is 256 g/mol. The summed E-state index contributed by atoms with van der Waals surface area (Å²) >= 11 is 0. The van der Waals surface area contributed by atoms with Gasteiger partial charge in [0.15, 0.2) is 5.82 Å². The number of hydrogen-bond acceptors (Lipinski definition) is 4. The molecule has 2 aromatic heterocycles. The first-order valence-electron chi connectivity index (χ1n) is 6.13. The van der Waals surface area contributed by atoms with Gasteiger partial charge in [-0.05, 0) is 19.9 Å². The molecule has 3 rings (SSSR count). The van der Waals surface area contributed by atoms with Crippen LogP contribution in [0.4, 0.5) is 0 Å². The zero-order valence-corrected chi connectivity index (χ0v) is 11.0. The van der Waals surface area contributed by atoms with E-state index in [4.69, 9.17) is 9.52 Å². The maximum absolute atomic E-state index is 11.2. The van der Waals surface area contributed by atoms with Crippen LogP contribution in [0, 0.1) is 13.8 Å². The molecule has 1 aromatic carbocycles. The van der Waals surface area contributed by atoms with Gasteiger partial charge in [0.25, 0.3) is 0 Å². The molecule has 0 aliphatic rings. The van der Waals surface area contributed by atoms with E-state index in [-0.39, 0.29) is 5.56 Å². The highest BCUT2D eigenvalue weighted by atomic mass is 16.4. The number of carbonyl (C=O) groups is 1. The lowest BCUT2D eigenvalue weighted by Crippen LogP contribution is -2.08. The molecule has 0 amide bonds. The van der Waals surface area contributed by atoms with Crippen LogP contribution >= 0.6 is 0 Å². The van der Waals surface area contributed by atoms with E-state index in [1.807, 2.05) is 24.3 Å². The first-order valence-corrected chi connectivity index (χ1v) is 6.13. The molecule has 20 heavy (non-hydrogen) atoms. The van der Waals surface area contributed by atoms with Gasteiger partial charge in [-0.25, -0.2) is 14.8 Å². The Bertz CT molecular complexity index is 798. The van der Waals surface area contributed by atoms with Gasteiger partial charge in [0, 0.05) is 5.39 Å². The summed E-state index contributed by atoms with van der Waals surface area (Å²) in [6, 6.07) is 7.59. The topological polar surface area (TPSA) is 76.2 Å². The SMILES string of the molecule is Cc1nc(-c2coc3ccccc23)nc(C)c1C(=O)O. The number of carboxylic acids is 1. The van der Waals surface area contributed by atoms with Crippen molar-refractivity contribution >= 4 is 16.9 Å². The van der Waals surface area contributed by atoms with E-state index in [1.165, 1.54) is 0 Å². The van der Waals surface area contributed by atoms with Crippen molar-refractivity contribution in [2.75, 3.05) is 0 Å². The van der Waals surface area contributed by atoms with E-state index >= 15 is 0 Å². The molecule has 0 unspecified atom stereocenters. The molecule has 0 radical (unpaired) electrons. The maximum atomic E-state index is 11.2. The van der Waals surface area contributed by atoms with E-state index in [9.17, 15) is 4.79 Å². The van der Waals surface area contributed by atoms with Crippen LogP contribution in [-0.2, 0) is 0 Å². The van der Waals surface area contributed by atoms with Crippen molar-refractivity contribution < 1.29 is 14.3 Å². The van der Waals surface area contributed by atoms with Crippen LogP contribution < -0.4 is 0 Å². The molecular formula is C15H12N2O3. The number of aromatic carboxylic acids is 1. The number of benzene rings is 1. The fourth-order valence-electron chi connectivity index (χ4n) is 2.30. The monoisotopic (exact) mass is 268 g/mol. The van der Waals surface area contributed by atoms with E-state index in [0.717, 1.165) is 16.5 Å². The molecule has 0 aliphatic heterocycles. The molecule has 100 valence electrons. The molecule has 3 aromatic rings. The first kappa shape index (κ1) is 12.3. The van der Waals surface area contributed by atoms with Gasteiger partial charge in [-0.2, -0.15) is 0 Å². The Hall–Kier alpha value is -2.69. The molecule has 0 saturated heterocycles. The van der Waals surface area contributed by atoms with Crippen LogP contribution in [0.3, 0.4) is 0 Å². The average molecular weight is 268 g/mol. The number of aryl methyl sites for hydroxylation is 2. The van der Waals surface area contributed by atoms with Crippen molar-refractivity contribution in [1.29, 1.82) is 0 Å². The number of fused-ring (bicyclic) bond motifs is 1. The Balaban J connectivity index is 2.23. The fourth-order valence-corrected chi connectivity index (χ4v) is 2.30. The normalized spacial score (nSPS) is 10.9. The Morgan fingerprint density at radius 1 is 1.15 bits per heavy atom. The highest BCUT2D eigenvalue weighted by Gasteiger charge is 2.17. The molecule has 5 nitrogen and oxygen atoms in total. The standard InChI is InChI=1S/C15H12N2O3/c1-8-13(15(18)19)9(2)17-14(16-8)11-7-20-12-6-4-3-5-10(11)12/h3-7H,1-2H3,(H,18,19). The van der Waals surface area contributed by atoms with Crippen LogP contribution in [-0.4, -0.2) is 21.0 Å². The zero-order valence-electron chi connectivity index (χ0n) is 11.0. The third-order valence-corrected chi connectivity index (χ3v) is 3.21. The van der Waals surface area contributed by atoms with Crippen LogP contribution in [0.1, 0.15) is 21.7 Å². The van der Waals surface area contributed by atoms with Gasteiger partial charge >= 0.3 is 5.97 Å². The first-order chi connectivity index (χ1) is 9.58. The summed E-state index contributed by atoms with van der Waals surface area (Å²) < 4.78 is 5.46. The van der Waals surface area contributed by atoms with Gasteiger partial charge in [0.05, 0.1) is 17.0 Å². The molecule has 2 heterocycles. The van der Waals surface area contributed by atoms with Crippen LogP contribution in [0.15, 0.2) is 34.9 Å². The van der Waals surface area contributed by atoms with Crippen molar-refractivity contribution in [2.24, 2.45) is 0 Å².